The molecule has 0 bridgehead atoms. The molecular formula is C24H32N4O4S2. The number of rotatable bonds is 8. The second-order valence-corrected chi connectivity index (χ2v) is 10.8. The Kier molecular flexibility index (Phi) is 9.12. The molecule has 1 aliphatic heterocycles. The fourth-order valence-electron chi connectivity index (χ4n) is 3.55. The highest BCUT2D eigenvalue weighted by molar-refractivity contribution is 8.01. The van der Waals surface area contributed by atoms with Crippen LogP contribution in [-0.2, 0) is 4.79 Å². The Morgan fingerprint density at radius 2 is 2.06 bits per heavy atom. The van der Waals surface area contributed by atoms with E-state index in [1.807, 2.05) is 42.7 Å². The number of aliphatic hydroxyl groups is 1. The molecule has 0 spiro atoms. The Morgan fingerprint density at radius 3 is 2.74 bits per heavy atom. The van der Waals surface area contributed by atoms with Gasteiger partial charge in [0.25, 0.3) is 5.91 Å². The molecule has 2 heterocycles. The van der Waals surface area contributed by atoms with Gasteiger partial charge in [-0.15, -0.1) is 0 Å². The van der Waals surface area contributed by atoms with Gasteiger partial charge < -0.3 is 20.1 Å². The number of hydrogen-bond donors (Lipinski definition) is 2. The maximum Gasteiger partial charge on any atom is 0.257 e. The number of hydrogen-bond acceptors (Lipinski definition) is 8. The molecule has 1 fully saturated rings. The summed E-state index contributed by atoms with van der Waals surface area (Å²) in [5.74, 6) is 0.246. The molecule has 1 unspecified atom stereocenters. The molecule has 2 amide bonds. The van der Waals surface area contributed by atoms with Gasteiger partial charge in [0.05, 0.1) is 23.1 Å². The zero-order valence-electron chi connectivity index (χ0n) is 20.0. The molecule has 1 aromatic heterocycles. The van der Waals surface area contributed by atoms with Crippen LogP contribution in [0.1, 0.15) is 36.2 Å². The predicted octanol–water partition coefficient (Wildman–Crippen LogP) is 3.86. The van der Waals surface area contributed by atoms with Crippen molar-refractivity contribution in [3.05, 3.63) is 42.1 Å². The number of amides is 2. The first-order valence-electron chi connectivity index (χ1n) is 11.2. The molecule has 184 valence electrons. The van der Waals surface area contributed by atoms with Crippen molar-refractivity contribution in [3.8, 4) is 5.75 Å². The monoisotopic (exact) mass is 504 g/mol. The van der Waals surface area contributed by atoms with Crippen LogP contribution in [0.25, 0.3) is 0 Å². The van der Waals surface area contributed by atoms with Crippen molar-refractivity contribution < 1.29 is 19.4 Å². The standard InChI is InChI=1S/C24H32N4O4S2/c1-6-20(29)27-8-7-9-28(11-10-27)23(31)17-13-19(16(4)12-18(17)32-5)33-21-14-25-24(34-21)26-22(30)15(2)3/h6,12-15,20,29H,1,7-11H2,2-5H3,(H,25,26,30). The highest BCUT2D eigenvalue weighted by atomic mass is 32.2. The first kappa shape index (κ1) is 26.2. The van der Waals surface area contributed by atoms with Gasteiger partial charge in [0.2, 0.25) is 5.91 Å². The number of carbonyl (C=O) groups excluding carboxylic acids is 2. The van der Waals surface area contributed by atoms with Gasteiger partial charge in [-0.2, -0.15) is 0 Å². The molecule has 34 heavy (non-hydrogen) atoms. The van der Waals surface area contributed by atoms with Gasteiger partial charge in [-0.1, -0.05) is 43.5 Å². The molecule has 10 heteroatoms. The molecule has 3 rings (SSSR count). The SMILES string of the molecule is C=CC(O)N1CCCN(C(=O)c2cc(Sc3cnc(NC(=O)C(C)C)s3)c(C)cc2OC)CC1. The number of anilines is 1. The maximum atomic E-state index is 13.5. The summed E-state index contributed by atoms with van der Waals surface area (Å²) in [5, 5.41) is 13.4. The lowest BCUT2D eigenvalue weighted by Crippen LogP contribution is -2.38. The van der Waals surface area contributed by atoms with E-state index in [0.717, 1.165) is 21.1 Å². The molecular weight excluding hydrogens is 472 g/mol. The van der Waals surface area contributed by atoms with Gasteiger partial charge in [0, 0.05) is 37.0 Å². The van der Waals surface area contributed by atoms with E-state index in [9.17, 15) is 14.7 Å². The highest BCUT2D eigenvalue weighted by Gasteiger charge is 2.25. The van der Waals surface area contributed by atoms with Crippen molar-refractivity contribution in [3.63, 3.8) is 0 Å². The number of nitrogens with zero attached hydrogens (tertiary/aromatic N) is 3. The van der Waals surface area contributed by atoms with E-state index < -0.39 is 6.23 Å². The number of aromatic nitrogens is 1. The third kappa shape index (κ3) is 6.38. The predicted molar refractivity (Wildman–Crippen MR) is 136 cm³/mol. The summed E-state index contributed by atoms with van der Waals surface area (Å²) in [6.45, 7) is 11.7. The minimum atomic E-state index is -0.707. The van der Waals surface area contributed by atoms with E-state index in [0.29, 0.717) is 42.6 Å². The van der Waals surface area contributed by atoms with Gasteiger partial charge in [-0.25, -0.2) is 4.98 Å². The van der Waals surface area contributed by atoms with Gasteiger partial charge in [-0.3, -0.25) is 14.5 Å². The van der Waals surface area contributed by atoms with Crippen LogP contribution in [0.5, 0.6) is 5.75 Å². The molecule has 0 radical (unpaired) electrons. The van der Waals surface area contributed by atoms with Gasteiger partial charge in [0.15, 0.2) is 5.13 Å². The molecule has 1 aliphatic rings. The van der Waals surface area contributed by atoms with Crippen LogP contribution in [0.2, 0.25) is 0 Å². The Balaban J connectivity index is 1.79. The van der Waals surface area contributed by atoms with Crippen molar-refractivity contribution in [2.24, 2.45) is 5.92 Å². The average molecular weight is 505 g/mol. The molecule has 8 nitrogen and oxygen atoms in total. The summed E-state index contributed by atoms with van der Waals surface area (Å²) < 4.78 is 6.46. The normalized spacial score (nSPS) is 15.6. The lowest BCUT2D eigenvalue weighted by atomic mass is 10.1. The number of benzene rings is 1. The number of carbonyl (C=O) groups is 2. The third-order valence-corrected chi connectivity index (χ3v) is 7.75. The van der Waals surface area contributed by atoms with Crippen LogP contribution in [0.3, 0.4) is 0 Å². The molecule has 0 aliphatic carbocycles. The van der Waals surface area contributed by atoms with E-state index in [-0.39, 0.29) is 17.7 Å². The minimum absolute atomic E-state index is 0.0731. The quantitative estimate of drug-likeness (QED) is 0.527. The van der Waals surface area contributed by atoms with E-state index in [1.54, 1.807) is 13.3 Å². The summed E-state index contributed by atoms with van der Waals surface area (Å²) >= 11 is 2.90. The number of aliphatic hydroxyl groups excluding tert-OH is 1. The zero-order chi connectivity index (χ0) is 24.8. The largest absolute Gasteiger partial charge is 0.496 e. The topological polar surface area (TPSA) is 95.0 Å². The number of nitrogens with one attached hydrogen (secondary N) is 1. The van der Waals surface area contributed by atoms with E-state index in [4.69, 9.17) is 4.74 Å². The molecule has 1 saturated heterocycles. The summed E-state index contributed by atoms with van der Waals surface area (Å²) in [7, 11) is 1.57. The summed E-state index contributed by atoms with van der Waals surface area (Å²) in [6, 6.07) is 3.75. The number of methoxy groups -OCH3 is 1. The summed E-state index contributed by atoms with van der Waals surface area (Å²) in [4.78, 5) is 34.4. The van der Waals surface area contributed by atoms with Crippen molar-refractivity contribution in [1.82, 2.24) is 14.8 Å². The van der Waals surface area contributed by atoms with E-state index in [1.165, 1.54) is 29.2 Å². The Labute approximate surface area is 209 Å². The first-order chi connectivity index (χ1) is 16.2. The van der Waals surface area contributed by atoms with Crippen molar-refractivity contribution >= 4 is 40.0 Å². The lowest BCUT2D eigenvalue weighted by molar-refractivity contribution is -0.118. The smallest absolute Gasteiger partial charge is 0.257 e. The van der Waals surface area contributed by atoms with E-state index >= 15 is 0 Å². The van der Waals surface area contributed by atoms with Gasteiger partial charge >= 0.3 is 0 Å². The van der Waals surface area contributed by atoms with Crippen LogP contribution in [0.4, 0.5) is 5.13 Å². The maximum absolute atomic E-state index is 13.5. The Hall–Kier alpha value is -2.40. The van der Waals surface area contributed by atoms with Crippen LogP contribution in [0, 0.1) is 12.8 Å². The fraction of sp³-hybridized carbons (Fsp3) is 0.458. The van der Waals surface area contributed by atoms with Crippen LogP contribution >= 0.6 is 23.1 Å². The number of aryl methyl sites for hydroxylation is 1. The lowest BCUT2D eigenvalue weighted by Gasteiger charge is -2.25. The molecule has 2 N–H and O–H groups in total. The van der Waals surface area contributed by atoms with E-state index in [2.05, 4.69) is 16.9 Å². The van der Waals surface area contributed by atoms with Crippen LogP contribution in [0.15, 0.2) is 40.1 Å². The van der Waals surface area contributed by atoms with Gasteiger partial charge in [0.1, 0.15) is 12.0 Å². The Bertz CT molecular complexity index is 1040. The molecule has 2 aromatic rings. The first-order valence-corrected chi connectivity index (χ1v) is 12.8. The summed E-state index contributed by atoms with van der Waals surface area (Å²) in [5.41, 5.74) is 1.49. The van der Waals surface area contributed by atoms with Crippen molar-refractivity contribution in [1.29, 1.82) is 0 Å². The fourth-order valence-corrected chi connectivity index (χ4v) is 5.50. The average Bonchev–Trinajstić information content (AvgIpc) is 3.10. The number of ether oxygens (including phenoxy) is 1. The van der Waals surface area contributed by atoms with Crippen LogP contribution < -0.4 is 10.1 Å². The van der Waals surface area contributed by atoms with Gasteiger partial charge in [-0.05, 0) is 37.1 Å². The second kappa shape index (κ2) is 11.8. The molecule has 1 aromatic carbocycles. The molecule has 1 atom stereocenters. The third-order valence-electron chi connectivity index (χ3n) is 5.58. The zero-order valence-corrected chi connectivity index (χ0v) is 21.7. The van der Waals surface area contributed by atoms with Crippen molar-refractivity contribution in [2.45, 2.75) is 42.5 Å². The highest BCUT2D eigenvalue weighted by Crippen LogP contribution is 2.38. The molecule has 0 saturated carbocycles. The van der Waals surface area contributed by atoms with Crippen molar-refractivity contribution in [2.75, 3.05) is 38.6 Å². The number of thiazole rings is 1. The Morgan fingerprint density at radius 1 is 1.29 bits per heavy atom. The second-order valence-electron chi connectivity index (χ2n) is 8.38. The van der Waals surface area contributed by atoms with Crippen LogP contribution in [-0.4, -0.2) is 71.2 Å². The summed E-state index contributed by atoms with van der Waals surface area (Å²) in [6.07, 6.45) is 3.29. The minimum Gasteiger partial charge on any atom is -0.496 e.